The van der Waals surface area contributed by atoms with Crippen molar-refractivity contribution in [2.75, 3.05) is 17.7 Å². The number of nitrogen functional groups attached to an aromatic ring is 1. The SMILES string of the molecule is CCO.Cc1ccc(Oc2cc(C)c(-c3csc(N)n3)c(Cl)c2)cc1.Cc1ccc(Oc2cc(C)c(C(=O)CBr)c(Cl)c2)cc1. The van der Waals surface area contributed by atoms with Gasteiger partial charge in [-0.25, -0.2) is 4.98 Å². The first-order chi connectivity index (χ1) is 21.4. The van der Waals surface area contributed by atoms with Crippen molar-refractivity contribution in [1.82, 2.24) is 4.98 Å². The van der Waals surface area contributed by atoms with E-state index in [9.17, 15) is 4.79 Å². The van der Waals surface area contributed by atoms with Crippen LogP contribution in [0, 0.1) is 27.7 Å². The molecular weight excluding hydrogens is 695 g/mol. The zero-order valence-electron chi connectivity index (χ0n) is 25.7. The summed E-state index contributed by atoms with van der Waals surface area (Å²) in [5, 5.41) is 11.3. The van der Waals surface area contributed by atoms with Crippen LogP contribution in [-0.2, 0) is 0 Å². The maximum absolute atomic E-state index is 11.8. The largest absolute Gasteiger partial charge is 0.457 e. The van der Waals surface area contributed by atoms with Crippen LogP contribution in [0.1, 0.15) is 39.5 Å². The highest BCUT2D eigenvalue weighted by atomic mass is 79.9. The van der Waals surface area contributed by atoms with Crippen molar-refractivity contribution in [3.8, 4) is 34.3 Å². The van der Waals surface area contributed by atoms with Gasteiger partial charge in [0.25, 0.3) is 0 Å². The lowest BCUT2D eigenvalue weighted by Gasteiger charge is -2.11. The van der Waals surface area contributed by atoms with E-state index in [1.165, 1.54) is 22.5 Å². The molecule has 0 fully saturated rings. The number of aryl methyl sites for hydroxylation is 4. The molecule has 10 heteroatoms. The van der Waals surface area contributed by atoms with Gasteiger partial charge in [-0.15, -0.1) is 11.3 Å². The number of aromatic nitrogens is 1. The molecule has 0 amide bonds. The molecule has 4 aromatic carbocycles. The molecular formula is C35H35BrCl2N2O4S. The zero-order valence-corrected chi connectivity index (χ0v) is 29.6. The van der Waals surface area contributed by atoms with Gasteiger partial charge in [-0.2, -0.15) is 0 Å². The second kappa shape index (κ2) is 17.3. The number of hydrogen-bond acceptors (Lipinski definition) is 7. The van der Waals surface area contributed by atoms with Crippen molar-refractivity contribution >= 4 is 61.4 Å². The van der Waals surface area contributed by atoms with Crippen LogP contribution in [0.25, 0.3) is 11.3 Å². The Kier molecular flexibility index (Phi) is 13.9. The molecule has 0 aliphatic carbocycles. The Morgan fingerprint density at radius 3 is 1.69 bits per heavy atom. The fourth-order valence-corrected chi connectivity index (χ4v) is 5.72. The van der Waals surface area contributed by atoms with Gasteiger partial charge in [0, 0.05) is 35.2 Å². The number of carbonyl (C=O) groups excluding carboxylic acids is 1. The molecule has 0 saturated heterocycles. The number of nitrogens with zero attached hydrogens (tertiary/aromatic N) is 1. The topological polar surface area (TPSA) is 94.7 Å². The molecule has 0 radical (unpaired) electrons. The summed E-state index contributed by atoms with van der Waals surface area (Å²) in [6.45, 7) is 9.83. The van der Waals surface area contributed by atoms with Gasteiger partial charge in [0.05, 0.1) is 21.1 Å². The monoisotopic (exact) mass is 728 g/mol. The Balaban J connectivity index is 0.000000227. The van der Waals surface area contributed by atoms with E-state index in [0.717, 1.165) is 33.9 Å². The second-order valence-corrected chi connectivity index (χ2v) is 12.2. The molecule has 3 N–H and O–H groups in total. The molecule has 6 nitrogen and oxygen atoms in total. The van der Waals surface area contributed by atoms with Crippen molar-refractivity contribution in [2.45, 2.75) is 34.6 Å². The lowest BCUT2D eigenvalue weighted by molar-refractivity contribution is 0.102. The number of halogens is 3. The fourth-order valence-electron chi connectivity index (χ4n) is 4.17. The molecule has 0 bridgehead atoms. The van der Waals surface area contributed by atoms with Crippen LogP contribution in [0.4, 0.5) is 5.13 Å². The molecule has 0 saturated carbocycles. The third-order valence-corrected chi connectivity index (χ3v) is 7.99. The number of ketones is 1. The van der Waals surface area contributed by atoms with E-state index >= 15 is 0 Å². The normalized spacial score (nSPS) is 10.2. The highest BCUT2D eigenvalue weighted by Crippen LogP contribution is 2.37. The fraction of sp³-hybridized carbons (Fsp3) is 0.200. The van der Waals surface area contributed by atoms with Crippen molar-refractivity contribution in [3.63, 3.8) is 0 Å². The van der Waals surface area contributed by atoms with Gasteiger partial charge in [-0.05, 0) is 82.1 Å². The van der Waals surface area contributed by atoms with Crippen molar-refractivity contribution in [2.24, 2.45) is 0 Å². The molecule has 236 valence electrons. The predicted octanol–water partition coefficient (Wildman–Crippen LogP) is 10.8. The van der Waals surface area contributed by atoms with Gasteiger partial charge in [0.15, 0.2) is 10.9 Å². The van der Waals surface area contributed by atoms with Crippen LogP contribution in [0.5, 0.6) is 23.0 Å². The smallest absolute Gasteiger partial charge is 0.180 e. The van der Waals surface area contributed by atoms with Gasteiger partial charge in [-0.1, -0.05) is 74.5 Å². The van der Waals surface area contributed by atoms with Crippen LogP contribution in [-0.4, -0.2) is 27.8 Å². The number of thiazole rings is 1. The number of carbonyl (C=O) groups is 1. The zero-order chi connectivity index (χ0) is 33.1. The van der Waals surface area contributed by atoms with E-state index in [1.807, 2.05) is 93.7 Å². The first-order valence-corrected chi connectivity index (χ1v) is 16.7. The first-order valence-electron chi connectivity index (χ1n) is 14.0. The number of rotatable bonds is 7. The molecule has 5 rings (SSSR count). The van der Waals surface area contributed by atoms with Gasteiger partial charge < -0.3 is 20.3 Å². The number of benzene rings is 4. The summed E-state index contributed by atoms with van der Waals surface area (Å²) in [4.78, 5) is 16.1. The summed E-state index contributed by atoms with van der Waals surface area (Å²) in [5.41, 5.74) is 12.1. The molecule has 0 aliphatic heterocycles. The maximum atomic E-state index is 11.8. The first kappa shape index (κ1) is 36.1. The van der Waals surface area contributed by atoms with Crippen molar-refractivity contribution < 1.29 is 19.4 Å². The minimum atomic E-state index is -0.0330. The Hall–Kier alpha value is -3.40. The van der Waals surface area contributed by atoms with Crippen LogP contribution in [0.15, 0.2) is 78.2 Å². The predicted molar refractivity (Wildman–Crippen MR) is 191 cm³/mol. The Morgan fingerprint density at radius 2 is 1.29 bits per heavy atom. The van der Waals surface area contributed by atoms with E-state index in [2.05, 4.69) is 20.9 Å². The molecule has 5 aromatic rings. The highest BCUT2D eigenvalue weighted by Gasteiger charge is 2.15. The number of hydrogen-bond donors (Lipinski definition) is 2. The quantitative estimate of drug-likeness (QED) is 0.128. The van der Waals surface area contributed by atoms with Crippen molar-refractivity contribution in [1.29, 1.82) is 0 Å². The minimum absolute atomic E-state index is 0.0330. The van der Waals surface area contributed by atoms with Gasteiger partial charge in [0.2, 0.25) is 0 Å². The van der Waals surface area contributed by atoms with E-state index < -0.39 is 0 Å². The van der Waals surface area contributed by atoms with Crippen LogP contribution in [0.2, 0.25) is 10.0 Å². The third-order valence-electron chi connectivity index (χ3n) is 6.21. The van der Waals surface area contributed by atoms with Crippen LogP contribution in [0.3, 0.4) is 0 Å². The second-order valence-electron chi connectivity index (χ2n) is 9.97. The number of Topliss-reactive ketones (excluding diaryl/α,β-unsaturated/α-hetero) is 1. The summed E-state index contributed by atoms with van der Waals surface area (Å²) in [6.07, 6.45) is 0. The summed E-state index contributed by atoms with van der Waals surface area (Å²) < 4.78 is 11.6. The van der Waals surface area contributed by atoms with E-state index in [0.29, 0.717) is 32.2 Å². The lowest BCUT2D eigenvalue weighted by atomic mass is 10.1. The summed E-state index contributed by atoms with van der Waals surface area (Å²) >= 11 is 17.2. The summed E-state index contributed by atoms with van der Waals surface area (Å²) in [5.74, 6) is 2.83. The third kappa shape index (κ3) is 10.6. The van der Waals surface area contributed by atoms with E-state index in [-0.39, 0.29) is 17.7 Å². The summed E-state index contributed by atoms with van der Waals surface area (Å²) in [7, 11) is 0. The maximum Gasteiger partial charge on any atom is 0.180 e. The Labute approximate surface area is 286 Å². The molecule has 0 aliphatic rings. The number of aliphatic hydroxyl groups is 1. The average Bonchev–Trinajstić information content (AvgIpc) is 3.41. The number of ether oxygens (including phenoxy) is 2. The molecule has 0 unspecified atom stereocenters. The summed E-state index contributed by atoms with van der Waals surface area (Å²) in [6, 6.07) is 22.9. The van der Waals surface area contributed by atoms with Crippen LogP contribution < -0.4 is 15.2 Å². The minimum Gasteiger partial charge on any atom is -0.457 e. The number of nitrogens with two attached hydrogens (primary N) is 1. The molecule has 1 heterocycles. The Bertz CT molecular complexity index is 1680. The molecule has 0 spiro atoms. The van der Waals surface area contributed by atoms with Crippen LogP contribution >= 0.6 is 50.5 Å². The average molecular weight is 731 g/mol. The van der Waals surface area contributed by atoms with Gasteiger partial charge in [0.1, 0.15) is 23.0 Å². The Morgan fingerprint density at radius 1 is 0.822 bits per heavy atom. The number of alkyl halides is 1. The lowest BCUT2D eigenvalue weighted by Crippen LogP contribution is -2.04. The highest BCUT2D eigenvalue weighted by molar-refractivity contribution is 9.09. The van der Waals surface area contributed by atoms with Gasteiger partial charge in [-0.3, -0.25) is 4.79 Å². The molecule has 0 atom stereocenters. The number of aliphatic hydroxyl groups excluding tert-OH is 1. The van der Waals surface area contributed by atoms with Gasteiger partial charge >= 0.3 is 0 Å². The van der Waals surface area contributed by atoms with Crippen molar-refractivity contribution in [3.05, 3.63) is 116 Å². The van der Waals surface area contributed by atoms with E-state index in [1.54, 1.807) is 19.1 Å². The number of anilines is 1. The molecule has 1 aromatic heterocycles. The standard InChI is InChI=1S/C17H15ClN2OS.C16H14BrClO2.C2H6O/c1-10-3-5-12(6-4-10)21-13-7-11(2)16(14(18)8-13)15-9-22-17(19)20-15;1-10-3-5-12(6-4-10)20-13-7-11(2)16(14(18)8-13)15(19)9-17;1-2-3/h3-9H,1-2H3,(H2,19,20);3-8H,9H2,1-2H3;3H,2H2,1H3. The van der Waals surface area contributed by atoms with E-state index in [4.69, 9.17) is 43.5 Å². The molecule has 45 heavy (non-hydrogen) atoms.